The summed E-state index contributed by atoms with van der Waals surface area (Å²) in [5.41, 5.74) is 0. The average Bonchev–Trinajstić information content (AvgIpc) is 1.80. The molecular weight excluding hydrogens is 119 g/mol. The molecule has 0 atom stereocenters. The lowest BCUT2D eigenvalue weighted by Crippen LogP contribution is -1.95. The minimum atomic E-state index is -0.641. The number of ether oxygens (including phenoxy) is 1. The summed E-state index contributed by atoms with van der Waals surface area (Å²) in [7, 11) is 0. The smallest absolute Gasteiger partial charge is 0.188 e. The van der Waals surface area contributed by atoms with Crippen molar-refractivity contribution in [1.29, 1.82) is 0 Å². The SMILES string of the molecule is CC(C)CCCOCF. The molecule has 0 bridgehead atoms. The Morgan fingerprint density at radius 1 is 1.44 bits per heavy atom. The first-order chi connectivity index (χ1) is 4.27. The van der Waals surface area contributed by atoms with Crippen LogP contribution in [0.3, 0.4) is 0 Å². The van der Waals surface area contributed by atoms with Crippen molar-refractivity contribution < 1.29 is 9.13 Å². The second-order valence-corrected chi connectivity index (χ2v) is 2.55. The Hall–Kier alpha value is -0.110. The van der Waals surface area contributed by atoms with Crippen LogP contribution in [0.4, 0.5) is 4.39 Å². The summed E-state index contributed by atoms with van der Waals surface area (Å²) in [6.07, 6.45) is 2.10. The minimum Gasteiger partial charge on any atom is -0.350 e. The maximum atomic E-state index is 11.3. The van der Waals surface area contributed by atoms with E-state index in [2.05, 4.69) is 18.6 Å². The van der Waals surface area contributed by atoms with Crippen LogP contribution in [-0.4, -0.2) is 13.5 Å². The van der Waals surface area contributed by atoms with Crippen LogP contribution in [-0.2, 0) is 4.74 Å². The second-order valence-electron chi connectivity index (χ2n) is 2.55. The van der Waals surface area contributed by atoms with E-state index in [1.54, 1.807) is 0 Å². The molecule has 2 heteroatoms. The Bertz CT molecular complexity index is 54.9. The third kappa shape index (κ3) is 7.89. The molecule has 0 rings (SSSR count). The summed E-state index contributed by atoms with van der Waals surface area (Å²) in [6, 6.07) is 0. The van der Waals surface area contributed by atoms with Crippen molar-refractivity contribution in [2.75, 3.05) is 13.5 Å². The minimum absolute atomic E-state index is 0.564. The third-order valence-corrected chi connectivity index (χ3v) is 1.15. The maximum absolute atomic E-state index is 11.3. The Morgan fingerprint density at radius 3 is 2.56 bits per heavy atom. The van der Waals surface area contributed by atoms with E-state index in [9.17, 15) is 4.39 Å². The van der Waals surface area contributed by atoms with Gasteiger partial charge in [-0.2, -0.15) is 0 Å². The van der Waals surface area contributed by atoms with Crippen molar-refractivity contribution in [3.05, 3.63) is 0 Å². The molecule has 0 aliphatic carbocycles. The number of alkyl halides is 1. The maximum Gasteiger partial charge on any atom is 0.188 e. The van der Waals surface area contributed by atoms with E-state index in [1.165, 1.54) is 0 Å². The van der Waals surface area contributed by atoms with Gasteiger partial charge < -0.3 is 4.74 Å². The monoisotopic (exact) mass is 134 g/mol. The van der Waals surface area contributed by atoms with Crippen LogP contribution in [0.2, 0.25) is 0 Å². The van der Waals surface area contributed by atoms with Crippen LogP contribution in [0.25, 0.3) is 0 Å². The highest BCUT2D eigenvalue weighted by Gasteiger charge is 1.92. The van der Waals surface area contributed by atoms with Crippen LogP contribution in [0.15, 0.2) is 0 Å². The highest BCUT2D eigenvalue weighted by atomic mass is 19.1. The van der Waals surface area contributed by atoms with Crippen LogP contribution in [0.1, 0.15) is 26.7 Å². The summed E-state index contributed by atoms with van der Waals surface area (Å²) in [5, 5.41) is 0. The van der Waals surface area contributed by atoms with E-state index >= 15 is 0 Å². The van der Waals surface area contributed by atoms with Crippen molar-refractivity contribution in [2.24, 2.45) is 5.92 Å². The molecule has 0 saturated heterocycles. The largest absolute Gasteiger partial charge is 0.350 e. The normalized spacial score (nSPS) is 10.7. The highest BCUT2D eigenvalue weighted by molar-refractivity contribution is 4.43. The molecule has 0 N–H and O–H groups in total. The third-order valence-electron chi connectivity index (χ3n) is 1.15. The molecule has 0 aromatic carbocycles. The number of hydrogen-bond acceptors (Lipinski definition) is 1. The molecule has 56 valence electrons. The van der Waals surface area contributed by atoms with Crippen molar-refractivity contribution >= 4 is 0 Å². The van der Waals surface area contributed by atoms with Gasteiger partial charge in [-0.15, -0.1) is 0 Å². The first-order valence-electron chi connectivity index (χ1n) is 3.41. The summed E-state index contributed by atoms with van der Waals surface area (Å²) >= 11 is 0. The predicted molar refractivity (Wildman–Crippen MR) is 36.0 cm³/mol. The second kappa shape index (κ2) is 6.02. The first kappa shape index (κ1) is 8.89. The average molecular weight is 134 g/mol. The van der Waals surface area contributed by atoms with E-state index in [1.807, 2.05) is 0 Å². The van der Waals surface area contributed by atoms with Gasteiger partial charge in [0.15, 0.2) is 6.86 Å². The molecule has 0 radical (unpaired) electrons. The van der Waals surface area contributed by atoms with E-state index < -0.39 is 6.86 Å². The fourth-order valence-corrected chi connectivity index (χ4v) is 0.648. The van der Waals surface area contributed by atoms with Crippen molar-refractivity contribution in [2.45, 2.75) is 26.7 Å². The fraction of sp³-hybridized carbons (Fsp3) is 1.00. The molecule has 0 saturated carbocycles. The Morgan fingerprint density at radius 2 is 2.11 bits per heavy atom. The zero-order valence-corrected chi connectivity index (χ0v) is 6.19. The molecule has 0 heterocycles. The lowest BCUT2D eigenvalue weighted by molar-refractivity contribution is 0.0543. The summed E-state index contributed by atoms with van der Waals surface area (Å²) in [4.78, 5) is 0. The van der Waals surface area contributed by atoms with Gasteiger partial charge in [0.1, 0.15) is 0 Å². The van der Waals surface area contributed by atoms with E-state index in [4.69, 9.17) is 0 Å². The molecular formula is C7H15FO. The predicted octanol–water partition coefficient (Wildman–Crippen LogP) is 2.37. The Kier molecular flexibility index (Phi) is 5.94. The highest BCUT2D eigenvalue weighted by Crippen LogP contribution is 2.02. The number of hydrogen-bond donors (Lipinski definition) is 0. The fourth-order valence-electron chi connectivity index (χ4n) is 0.648. The van der Waals surface area contributed by atoms with Crippen molar-refractivity contribution in [1.82, 2.24) is 0 Å². The van der Waals surface area contributed by atoms with Gasteiger partial charge in [-0.05, 0) is 18.8 Å². The van der Waals surface area contributed by atoms with Crippen LogP contribution < -0.4 is 0 Å². The van der Waals surface area contributed by atoms with Gasteiger partial charge in [0.2, 0.25) is 0 Å². The van der Waals surface area contributed by atoms with Crippen molar-refractivity contribution in [3.63, 3.8) is 0 Å². The molecule has 0 aromatic heterocycles. The molecule has 0 spiro atoms. The summed E-state index contributed by atoms with van der Waals surface area (Å²) in [6.45, 7) is 4.22. The van der Waals surface area contributed by atoms with Gasteiger partial charge in [-0.1, -0.05) is 13.8 Å². The zero-order chi connectivity index (χ0) is 7.11. The lowest BCUT2D eigenvalue weighted by Gasteiger charge is -2.02. The van der Waals surface area contributed by atoms with Crippen LogP contribution in [0.5, 0.6) is 0 Å². The Balaban J connectivity index is 2.75. The molecule has 9 heavy (non-hydrogen) atoms. The topological polar surface area (TPSA) is 9.23 Å². The van der Waals surface area contributed by atoms with Gasteiger partial charge in [-0.25, -0.2) is 4.39 Å². The van der Waals surface area contributed by atoms with E-state index in [-0.39, 0.29) is 0 Å². The lowest BCUT2D eigenvalue weighted by atomic mass is 10.1. The van der Waals surface area contributed by atoms with Crippen LogP contribution in [0, 0.1) is 5.92 Å². The number of halogens is 1. The van der Waals surface area contributed by atoms with Gasteiger partial charge in [0.05, 0.1) is 0 Å². The van der Waals surface area contributed by atoms with Crippen LogP contribution >= 0.6 is 0 Å². The first-order valence-corrected chi connectivity index (χ1v) is 3.41. The van der Waals surface area contributed by atoms with Gasteiger partial charge in [0.25, 0.3) is 0 Å². The molecule has 0 fully saturated rings. The van der Waals surface area contributed by atoms with Gasteiger partial charge in [0, 0.05) is 6.61 Å². The van der Waals surface area contributed by atoms with Gasteiger partial charge >= 0.3 is 0 Å². The summed E-state index contributed by atoms with van der Waals surface area (Å²) < 4.78 is 15.8. The quantitative estimate of drug-likeness (QED) is 0.524. The van der Waals surface area contributed by atoms with E-state index in [0.29, 0.717) is 12.5 Å². The molecule has 1 nitrogen and oxygen atoms in total. The summed E-state index contributed by atoms with van der Waals surface area (Å²) in [5.74, 6) is 0.702. The van der Waals surface area contributed by atoms with Crippen molar-refractivity contribution in [3.8, 4) is 0 Å². The number of rotatable bonds is 5. The molecule has 0 amide bonds. The molecule has 0 aromatic rings. The van der Waals surface area contributed by atoms with Gasteiger partial charge in [-0.3, -0.25) is 0 Å². The zero-order valence-electron chi connectivity index (χ0n) is 6.19. The standard InChI is InChI=1S/C7H15FO/c1-7(2)4-3-5-9-6-8/h7H,3-6H2,1-2H3. The molecule has 0 aliphatic heterocycles. The molecule has 0 unspecified atom stereocenters. The Labute approximate surface area is 56.2 Å². The van der Waals surface area contributed by atoms with E-state index in [0.717, 1.165) is 12.8 Å². The molecule has 0 aliphatic rings.